The van der Waals surface area contributed by atoms with E-state index in [1.165, 1.54) is 18.2 Å². The number of rotatable bonds is 4. The summed E-state index contributed by atoms with van der Waals surface area (Å²) < 4.78 is 11.4. The largest absolute Gasteiger partial charge is 0.507 e. The van der Waals surface area contributed by atoms with Crippen LogP contribution in [0.3, 0.4) is 0 Å². The Hall–Kier alpha value is -2.45. The van der Waals surface area contributed by atoms with Crippen molar-refractivity contribution in [1.29, 1.82) is 0 Å². The number of benzene rings is 2. The number of aliphatic hydroxyl groups is 5. The average Bonchev–Trinajstić information content (AvgIpc) is 2.78. The van der Waals surface area contributed by atoms with Crippen LogP contribution in [0.5, 0.6) is 28.7 Å². The van der Waals surface area contributed by atoms with Crippen molar-refractivity contribution in [3.05, 3.63) is 35.4 Å². The van der Waals surface area contributed by atoms with Gasteiger partial charge in [-0.05, 0) is 17.7 Å². The van der Waals surface area contributed by atoms with Gasteiger partial charge in [-0.25, -0.2) is 0 Å². The lowest BCUT2D eigenvalue weighted by atomic mass is 9.94. The molecule has 2 heterocycles. The number of phenolic OH excluding ortho intramolecular Hbond substituents is 4. The van der Waals surface area contributed by atoms with Gasteiger partial charge in [-0.15, -0.1) is 0 Å². The highest BCUT2D eigenvalue weighted by molar-refractivity contribution is 8.00. The van der Waals surface area contributed by atoms with Crippen molar-refractivity contribution >= 4 is 11.8 Å². The predicted molar refractivity (Wildman–Crippen MR) is 112 cm³/mol. The highest BCUT2D eigenvalue weighted by Crippen LogP contribution is 2.51. The van der Waals surface area contributed by atoms with Crippen molar-refractivity contribution in [1.82, 2.24) is 0 Å². The quantitative estimate of drug-likeness (QED) is 0.251. The molecule has 180 valence electrons. The number of ether oxygens (including phenoxy) is 2. The van der Waals surface area contributed by atoms with Crippen LogP contribution in [0, 0.1) is 0 Å². The Morgan fingerprint density at radius 3 is 2.24 bits per heavy atom. The van der Waals surface area contributed by atoms with Crippen LogP contribution >= 0.6 is 11.8 Å². The fraction of sp³-hybridized carbons (Fsp3) is 0.429. The van der Waals surface area contributed by atoms with E-state index in [1.54, 1.807) is 0 Å². The third-order valence-electron chi connectivity index (χ3n) is 5.71. The second kappa shape index (κ2) is 9.06. The molecule has 0 aromatic heterocycles. The zero-order valence-corrected chi connectivity index (χ0v) is 17.8. The molecule has 0 radical (unpaired) electrons. The Labute approximate surface area is 191 Å². The fourth-order valence-corrected chi connectivity index (χ4v) is 5.09. The lowest BCUT2D eigenvalue weighted by Crippen LogP contribution is -2.57. The summed E-state index contributed by atoms with van der Waals surface area (Å²) in [5.41, 5.74) is -0.742. The first-order valence-corrected chi connectivity index (χ1v) is 10.9. The summed E-state index contributed by atoms with van der Waals surface area (Å²) >= 11 is 0.740. The number of thioether (sulfide) groups is 1. The van der Waals surface area contributed by atoms with Crippen molar-refractivity contribution in [3.8, 4) is 28.7 Å². The van der Waals surface area contributed by atoms with Gasteiger partial charge in [0.05, 0.1) is 17.6 Å². The molecule has 0 spiro atoms. The van der Waals surface area contributed by atoms with Crippen LogP contribution in [0.25, 0.3) is 0 Å². The molecule has 2 aromatic rings. The molecule has 33 heavy (non-hydrogen) atoms. The molecule has 9 N–H and O–H groups in total. The van der Waals surface area contributed by atoms with Crippen molar-refractivity contribution in [2.45, 2.75) is 53.4 Å². The second-order valence-corrected chi connectivity index (χ2v) is 9.03. The van der Waals surface area contributed by atoms with Gasteiger partial charge in [-0.1, -0.05) is 17.8 Å². The Morgan fingerprint density at radius 1 is 0.848 bits per heavy atom. The van der Waals surface area contributed by atoms with Gasteiger partial charge in [0.15, 0.2) is 17.6 Å². The highest BCUT2D eigenvalue weighted by atomic mass is 32.2. The molecule has 7 atom stereocenters. The van der Waals surface area contributed by atoms with Crippen LogP contribution < -0.4 is 4.74 Å². The molecule has 4 rings (SSSR count). The van der Waals surface area contributed by atoms with Gasteiger partial charge >= 0.3 is 0 Å². The second-order valence-electron chi connectivity index (χ2n) is 7.92. The zero-order valence-electron chi connectivity index (χ0n) is 17.0. The third kappa shape index (κ3) is 4.26. The standard InChI is InChI=1S/C21H24O11S/c22-6-14-15(28)16(29)17(30)21(31-14)33-20-13(27)5-10(24)8-4-12(26)18(32-19(8)20)7-1-2-9(23)11(25)3-7/h1-3,5,12,14-18,21-30H,4,6H2/t12-,14+,15+,16-,17+,18+,21-/m0/s1. The van der Waals surface area contributed by atoms with Crippen molar-refractivity contribution in [2.75, 3.05) is 6.61 Å². The predicted octanol–water partition coefficient (Wildman–Crippen LogP) is -0.562. The van der Waals surface area contributed by atoms with Crippen LogP contribution in [0.4, 0.5) is 0 Å². The molecule has 0 unspecified atom stereocenters. The normalized spacial score (nSPS) is 31.6. The number of hydrogen-bond acceptors (Lipinski definition) is 12. The van der Waals surface area contributed by atoms with Gasteiger partial charge in [-0.3, -0.25) is 0 Å². The number of aromatic hydroxyl groups is 4. The number of aliphatic hydroxyl groups excluding tert-OH is 5. The highest BCUT2D eigenvalue weighted by Gasteiger charge is 2.45. The van der Waals surface area contributed by atoms with E-state index < -0.39 is 60.2 Å². The Bertz CT molecular complexity index is 1030. The molecule has 11 nitrogen and oxygen atoms in total. The van der Waals surface area contributed by atoms with E-state index in [4.69, 9.17) is 9.47 Å². The van der Waals surface area contributed by atoms with E-state index in [0.29, 0.717) is 5.56 Å². The molecule has 0 aliphatic carbocycles. The third-order valence-corrected chi connectivity index (χ3v) is 6.97. The molecule has 2 aromatic carbocycles. The number of fused-ring (bicyclic) bond motifs is 1. The molecule has 0 saturated carbocycles. The zero-order chi connectivity index (χ0) is 24.0. The SMILES string of the molecule is OC[C@H]1O[C@@H](Sc2c(O)cc(O)c3c2O[C@H](c2ccc(O)c(O)c2)[C@@H](O)C3)[C@H](O)[C@@H](O)[C@@H]1O. The van der Waals surface area contributed by atoms with Crippen LogP contribution in [-0.2, 0) is 11.2 Å². The molecule has 1 saturated heterocycles. The first kappa shape index (κ1) is 23.7. The number of hydrogen-bond donors (Lipinski definition) is 9. The van der Waals surface area contributed by atoms with Crippen LogP contribution in [0.15, 0.2) is 29.2 Å². The minimum atomic E-state index is -1.63. The summed E-state index contributed by atoms with van der Waals surface area (Å²) in [7, 11) is 0. The van der Waals surface area contributed by atoms with Gasteiger partial charge in [0.25, 0.3) is 0 Å². The van der Waals surface area contributed by atoms with Gasteiger partial charge in [-0.2, -0.15) is 0 Å². The van der Waals surface area contributed by atoms with Crippen LogP contribution in [0.1, 0.15) is 17.2 Å². The van der Waals surface area contributed by atoms with Crippen molar-refractivity contribution in [3.63, 3.8) is 0 Å². The molecular formula is C21H24O11S. The molecular weight excluding hydrogens is 460 g/mol. The van der Waals surface area contributed by atoms with Crippen molar-refractivity contribution in [2.24, 2.45) is 0 Å². The van der Waals surface area contributed by atoms with E-state index >= 15 is 0 Å². The average molecular weight is 484 g/mol. The van der Waals surface area contributed by atoms with Gasteiger partial charge in [0.2, 0.25) is 0 Å². The topological polar surface area (TPSA) is 201 Å². The lowest BCUT2D eigenvalue weighted by molar-refractivity contribution is -0.205. The van der Waals surface area contributed by atoms with Gasteiger partial charge in [0, 0.05) is 18.1 Å². The fourth-order valence-electron chi connectivity index (χ4n) is 3.90. The first-order chi connectivity index (χ1) is 15.6. The van der Waals surface area contributed by atoms with Gasteiger partial charge < -0.3 is 55.4 Å². The Morgan fingerprint density at radius 2 is 1.58 bits per heavy atom. The maximum atomic E-state index is 10.6. The molecule has 0 amide bonds. The minimum absolute atomic E-state index is 0.0164. The Kier molecular flexibility index (Phi) is 6.51. The summed E-state index contributed by atoms with van der Waals surface area (Å²) in [5, 5.41) is 90.6. The molecule has 12 heteroatoms. The summed E-state index contributed by atoms with van der Waals surface area (Å²) in [6.45, 7) is -0.628. The molecule has 1 fully saturated rings. The maximum Gasteiger partial charge on any atom is 0.157 e. The van der Waals surface area contributed by atoms with E-state index in [-0.39, 0.29) is 34.1 Å². The number of phenols is 4. The van der Waals surface area contributed by atoms with Crippen molar-refractivity contribution < 1.29 is 55.4 Å². The summed E-state index contributed by atoms with van der Waals surface area (Å²) in [4.78, 5) is 0.0204. The molecule has 0 bridgehead atoms. The maximum absolute atomic E-state index is 10.6. The summed E-state index contributed by atoms with van der Waals surface area (Å²) in [5.74, 6) is -1.58. The Balaban J connectivity index is 1.70. The van der Waals surface area contributed by atoms with E-state index in [0.717, 1.165) is 17.8 Å². The first-order valence-electron chi connectivity index (χ1n) is 10.0. The van der Waals surface area contributed by atoms with E-state index in [2.05, 4.69) is 0 Å². The molecule has 2 aliphatic heterocycles. The monoisotopic (exact) mass is 484 g/mol. The lowest BCUT2D eigenvalue weighted by Gasteiger charge is -2.40. The van der Waals surface area contributed by atoms with E-state index in [9.17, 15) is 46.0 Å². The molecule has 2 aliphatic rings. The smallest absolute Gasteiger partial charge is 0.157 e. The summed E-state index contributed by atoms with van der Waals surface area (Å²) in [6.07, 6.45) is -8.21. The van der Waals surface area contributed by atoms with Crippen LogP contribution in [-0.4, -0.2) is 88.5 Å². The summed E-state index contributed by atoms with van der Waals surface area (Å²) in [6, 6.07) is 4.90. The van der Waals surface area contributed by atoms with E-state index in [1.807, 2.05) is 0 Å². The minimum Gasteiger partial charge on any atom is -0.507 e. The van der Waals surface area contributed by atoms with Crippen LogP contribution in [0.2, 0.25) is 0 Å². The van der Waals surface area contributed by atoms with Gasteiger partial charge in [0.1, 0.15) is 47.1 Å².